The van der Waals surface area contributed by atoms with Gasteiger partial charge in [0.15, 0.2) is 0 Å². The number of rotatable bonds is 7. The van der Waals surface area contributed by atoms with Crippen LogP contribution in [-0.4, -0.2) is 16.1 Å². The third kappa shape index (κ3) is 4.13. The number of nitrogens with one attached hydrogen (secondary N) is 1. The summed E-state index contributed by atoms with van der Waals surface area (Å²) in [7, 11) is 0. The van der Waals surface area contributed by atoms with E-state index < -0.39 is 0 Å². The van der Waals surface area contributed by atoms with E-state index >= 15 is 0 Å². The van der Waals surface area contributed by atoms with Gasteiger partial charge in [-0.3, -0.25) is 0 Å². The van der Waals surface area contributed by atoms with Gasteiger partial charge < -0.3 is 9.88 Å². The minimum absolute atomic E-state index is 0.956. The first kappa shape index (κ1) is 13.6. The van der Waals surface area contributed by atoms with Gasteiger partial charge in [0.25, 0.3) is 0 Å². The third-order valence-corrected chi connectivity index (χ3v) is 4.03. The van der Waals surface area contributed by atoms with Gasteiger partial charge in [-0.2, -0.15) is 0 Å². The van der Waals surface area contributed by atoms with Crippen molar-refractivity contribution in [2.45, 2.75) is 65.0 Å². The van der Waals surface area contributed by atoms with Gasteiger partial charge in [-0.05, 0) is 25.3 Å². The predicted molar refractivity (Wildman–Crippen MR) is 75.4 cm³/mol. The number of nitrogens with zero attached hydrogens (tertiary/aromatic N) is 2. The van der Waals surface area contributed by atoms with E-state index in [-0.39, 0.29) is 0 Å². The number of aryl methyl sites for hydroxylation is 1. The van der Waals surface area contributed by atoms with Crippen LogP contribution in [0.4, 0.5) is 0 Å². The van der Waals surface area contributed by atoms with Crippen molar-refractivity contribution in [2.24, 2.45) is 5.92 Å². The fourth-order valence-electron chi connectivity index (χ4n) is 2.89. The molecule has 0 bridgehead atoms. The van der Waals surface area contributed by atoms with Gasteiger partial charge in [-0.15, -0.1) is 0 Å². The Balaban J connectivity index is 1.75. The lowest BCUT2D eigenvalue weighted by molar-refractivity contribution is 0.322. The highest BCUT2D eigenvalue weighted by atomic mass is 15.1. The maximum absolute atomic E-state index is 4.29. The Morgan fingerprint density at radius 3 is 2.94 bits per heavy atom. The average Bonchev–Trinajstić information content (AvgIpc) is 2.86. The quantitative estimate of drug-likeness (QED) is 0.751. The molecule has 0 radical (unpaired) electrons. The molecule has 102 valence electrons. The normalized spacial score (nSPS) is 17.2. The maximum atomic E-state index is 4.29. The molecule has 0 saturated heterocycles. The van der Waals surface area contributed by atoms with E-state index in [9.17, 15) is 0 Å². The van der Waals surface area contributed by atoms with Gasteiger partial charge in [0.2, 0.25) is 0 Å². The van der Waals surface area contributed by atoms with E-state index in [0.717, 1.165) is 25.6 Å². The van der Waals surface area contributed by atoms with Crippen molar-refractivity contribution in [1.82, 2.24) is 14.9 Å². The molecule has 0 aromatic carbocycles. The van der Waals surface area contributed by atoms with Crippen molar-refractivity contribution in [3.63, 3.8) is 0 Å². The zero-order valence-electron chi connectivity index (χ0n) is 11.7. The van der Waals surface area contributed by atoms with Gasteiger partial charge in [-0.25, -0.2) is 4.98 Å². The minimum Gasteiger partial charge on any atom is -0.333 e. The molecule has 0 atom stereocenters. The van der Waals surface area contributed by atoms with Crippen LogP contribution in [0, 0.1) is 5.92 Å². The second-order valence-corrected chi connectivity index (χ2v) is 5.55. The molecule has 0 unspecified atom stereocenters. The molecule has 1 fully saturated rings. The molecule has 3 heteroatoms. The highest BCUT2D eigenvalue weighted by Gasteiger charge is 2.13. The molecule has 0 aliphatic heterocycles. The molecule has 1 aromatic rings. The predicted octanol–water partition coefficient (Wildman–Crippen LogP) is 3.35. The number of aromatic nitrogens is 2. The van der Waals surface area contributed by atoms with Crippen molar-refractivity contribution in [2.75, 3.05) is 6.54 Å². The van der Waals surface area contributed by atoms with Gasteiger partial charge in [0.05, 0.1) is 12.0 Å². The Morgan fingerprint density at radius 2 is 2.17 bits per heavy atom. The summed E-state index contributed by atoms with van der Waals surface area (Å²) in [6.45, 7) is 5.40. The topological polar surface area (TPSA) is 29.9 Å². The Labute approximate surface area is 111 Å². The summed E-state index contributed by atoms with van der Waals surface area (Å²) < 4.78 is 2.33. The zero-order valence-corrected chi connectivity index (χ0v) is 11.7. The number of hydrogen-bond donors (Lipinski definition) is 1. The van der Waals surface area contributed by atoms with Crippen LogP contribution in [0.25, 0.3) is 0 Å². The largest absolute Gasteiger partial charge is 0.333 e. The SMILES string of the molecule is CCCNCc1cncn1CCC1CCCCC1. The first-order chi connectivity index (χ1) is 8.90. The first-order valence-corrected chi connectivity index (χ1v) is 7.60. The molecule has 2 rings (SSSR count). The Morgan fingerprint density at radius 1 is 1.33 bits per heavy atom. The molecule has 1 aliphatic carbocycles. The molecule has 1 saturated carbocycles. The van der Waals surface area contributed by atoms with Gasteiger partial charge in [-0.1, -0.05) is 39.0 Å². The van der Waals surface area contributed by atoms with E-state index in [1.807, 2.05) is 12.5 Å². The molecule has 0 spiro atoms. The smallest absolute Gasteiger partial charge is 0.0948 e. The van der Waals surface area contributed by atoms with Crippen LogP contribution in [0.3, 0.4) is 0 Å². The third-order valence-electron chi connectivity index (χ3n) is 4.03. The van der Waals surface area contributed by atoms with E-state index in [1.54, 1.807) is 0 Å². The van der Waals surface area contributed by atoms with Crippen LogP contribution >= 0.6 is 0 Å². The monoisotopic (exact) mass is 249 g/mol. The summed E-state index contributed by atoms with van der Waals surface area (Å²) in [6, 6.07) is 0. The summed E-state index contributed by atoms with van der Waals surface area (Å²) in [5, 5.41) is 3.45. The van der Waals surface area contributed by atoms with Crippen LogP contribution < -0.4 is 5.32 Å². The van der Waals surface area contributed by atoms with Crippen LogP contribution in [0.1, 0.15) is 57.6 Å². The number of imidazole rings is 1. The van der Waals surface area contributed by atoms with Crippen LogP contribution in [0.2, 0.25) is 0 Å². The highest BCUT2D eigenvalue weighted by Crippen LogP contribution is 2.26. The second-order valence-electron chi connectivity index (χ2n) is 5.55. The lowest BCUT2D eigenvalue weighted by Gasteiger charge is -2.22. The fraction of sp³-hybridized carbons (Fsp3) is 0.800. The van der Waals surface area contributed by atoms with Crippen LogP contribution in [0.15, 0.2) is 12.5 Å². The molecule has 1 N–H and O–H groups in total. The van der Waals surface area contributed by atoms with Crippen LogP contribution in [0.5, 0.6) is 0 Å². The molecule has 18 heavy (non-hydrogen) atoms. The standard InChI is InChI=1S/C15H27N3/c1-2-9-16-11-15-12-17-13-18(15)10-8-14-6-4-3-5-7-14/h12-14,16H,2-11H2,1H3. The lowest BCUT2D eigenvalue weighted by Crippen LogP contribution is -2.17. The zero-order chi connectivity index (χ0) is 12.6. The lowest BCUT2D eigenvalue weighted by atomic mass is 9.87. The van der Waals surface area contributed by atoms with Gasteiger partial charge in [0, 0.05) is 19.3 Å². The number of hydrogen-bond acceptors (Lipinski definition) is 2. The van der Waals surface area contributed by atoms with Gasteiger partial charge in [0.1, 0.15) is 0 Å². The summed E-state index contributed by atoms with van der Waals surface area (Å²) in [4.78, 5) is 4.29. The summed E-state index contributed by atoms with van der Waals surface area (Å²) in [5.74, 6) is 0.956. The summed E-state index contributed by atoms with van der Waals surface area (Å²) in [5.41, 5.74) is 1.33. The first-order valence-electron chi connectivity index (χ1n) is 7.60. The van der Waals surface area contributed by atoms with Crippen molar-refractivity contribution in [3.05, 3.63) is 18.2 Å². The minimum atomic E-state index is 0.956. The molecule has 0 amide bonds. The highest BCUT2D eigenvalue weighted by molar-refractivity contribution is 4.97. The van der Waals surface area contributed by atoms with E-state index in [2.05, 4.69) is 21.8 Å². The Bertz CT molecular complexity index is 326. The molecular formula is C15H27N3. The van der Waals surface area contributed by atoms with Gasteiger partial charge >= 0.3 is 0 Å². The van der Waals surface area contributed by atoms with E-state index in [0.29, 0.717) is 0 Å². The molecule has 3 nitrogen and oxygen atoms in total. The van der Waals surface area contributed by atoms with Crippen molar-refractivity contribution >= 4 is 0 Å². The molecule has 1 aliphatic rings. The Kier molecular flexibility index (Phi) is 5.72. The summed E-state index contributed by atoms with van der Waals surface area (Å²) >= 11 is 0. The Hall–Kier alpha value is -0.830. The van der Waals surface area contributed by atoms with Crippen molar-refractivity contribution < 1.29 is 0 Å². The van der Waals surface area contributed by atoms with E-state index in [1.165, 1.54) is 50.6 Å². The fourth-order valence-corrected chi connectivity index (χ4v) is 2.89. The average molecular weight is 249 g/mol. The van der Waals surface area contributed by atoms with Crippen molar-refractivity contribution in [1.29, 1.82) is 0 Å². The molecule has 1 heterocycles. The van der Waals surface area contributed by atoms with Crippen molar-refractivity contribution in [3.8, 4) is 0 Å². The second kappa shape index (κ2) is 7.57. The maximum Gasteiger partial charge on any atom is 0.0948 e. The van der Waals surface area contributed by atoms with Crippen LogP contribution in [-0.2, 0) is 13.1 Å². The van der Waals surface area contributed by atoms with E-state index in [4.69, 9.17) is 0 Å². The summed E-state index contributed by atoms with van der Waals surface area (Å²) in [6.07, 6.45) is 13.7. The molecule has 1 aromatic heterocycles. The molecular weight excluding hydrogens is 222 g/mol.